The molecule has 1 aliphatic rings. The Morgan fingerprint density at radius 3 is 3.00 bits per heavy atom. The van der Waals surface area contributed by atoms with Crippen molar-refractivity contribution >= 4 is 28.3 Å². The summed E-state index contributed by atoms with van der Waals surface area (Å²) >= 11 is 1.55. The van der Waals surface area contributed by atoms with Gasteiger partial charge < -0.3 is 20.7 Å². The fourth-order valence-corrected chi connectivity index (χ4v) is 3.47. The van der Waals surface area contributed by atoms with Crippen LogP contribution in [0, 0.1) is 0 Å². The topological polar surface area (TPSA) is 119 Å². The lowest BCUT2D eigenvalue weighted by Gasteiger charge is -2.16. The van der Waals surface area contributed by atoms with Crippen molar-refractivity contribution in [3.8, 4) is 11.4 Å². The van der Waals surface area contributed by atoms with Gasteiger partial charge in [0.1, 0.15) is 24.5 Å². The van der Waals surface area contributed by atoms with Crippen molar-refractivity contribution in [2.45, 2.75) is 24.9 Å². The molecular formula is C14H15N5O3S. The summed E-state index contributed by atoms with van der Waals surface area (Å²) in [4.78, 5) is 12.8. The number of anilines is 1. The molecule has 0 radical (unpaired) electrons. The van der Waals surface area contributed by atoms with Gasteiger partial charge in [0.05, 0.1) is 12.7 Å². The van der Waals surface area contributed by atoms with Crippen LogP contribution in [-0.2, 0) is 4.74 Å². The summed E-state index contributed by atoms with van der Waals surface area (Å²) in [6, 6.07) is 1.95. The Morgan fingerprint density at radius 2 is 2.30 bits per heavy atom. The molecule has 3 aromatic rings. The van der Waals surface area contributed by atoms with Crippen molar-refractivity contribution in [2.24, 2.45) is 0 Å². The summed E-state index contributed by atoms with van der Waals surface area (Å²) in [6.45, 7) is -0.241. The number of thiophene rings is 1. The Bertz CT molecular complexity index is 834. The predicted molar refractivity (Wildman–Crippen MR) is 84.7 cm³/mol. The summed E-state index contributed by atoms with van der Waals surface area (Å²) in [5.74, 6) is 0.951. The van der Waals surface area contributed by atoms with Crippen LogP contribution < -0.4 is 5.73 Å². The van der Waals surface area contributed by atoms with Gasteiger partial charge in [0.25, 0.3) is 0 Å². The molecule has 23 heavy (non-hydrogen) atoms. The van der Waals surface area contributed by atoms with Gasteiger partial charge in [-0.1, -0.05) is 0 Å². The van der Waals surface area contributed by atoms with Gasteiger partial charge in [-0.05, 0) is 11.4 Å². The van der Waals surface area contributed by atoms with Crippen LogP contribution in [0.15, 0.2) is 23.2 Å². The number of ether oxygens (including phenoxy) is 1. The maximum atomic E-state index is 10.0. The molecule has 4 N–H and O–H groups in total. The summed E-state index contributed by atoms with van der Waals surface area (Å²) in [5.41, 5.74) is 7.88. The molecule has 1 aliphatic heterocycles. The number of imidazole rings is 1. The summed E-state index contributed by atoms with van der Waals surface area (Å²) in [7, 11) is 0. The number of fused-ring (bicyclic) bond motifs is 1. The second kappa shape index (κ2) is 5.53. The normalized spacial score (nSPS) is 24.5. The van der Waals surface area contributed by atoms with Gasteiger partial charge in [0, 0.05) is 17.4 Å². The molecule has 9 heteroatoms. The molecular weight excluding hydrogens is 318 g/mol. The lowest BCUT2D eigenvalue weighted by atomic mass is 10.2. The summed E-state index contributed by atoms with van der Waals surface area (Å²) in [6.07, 6.45) is -0.111. The molecule has 120 valence electrons. The third-order valence-corrected chi connectivity index (χ3v) is 4.64. The number of aliphatic hydroxyl groups excluding tert-OH is 2. The van der Waals surface area contributed by atoms with E-state index in [0.29, 0.717) is 29.2 Å². The van der Waals surface area contributed by atoms with Crippen LogP contribution in [-0.4, -0.2) is 48.5 Å². The Kier molecular flexibility index (Phi) is 3.49. The van der Waals surface area contributed by atoms with Crippen molar-refractivity contribution in [3.63, 3.8) is 0 Å². The van der Waals surface area contributed by atoms with Crippen LogP contribution in [0.25, 0.3) is 22.6 Å². The molecule has 0 unspecified atom stereocenters. The largest absolute Gasteiger partial charge is 0.394 e. The number of hydrogen-bond acceptors (Lipinski definition) is 8. The molecule has 0 saturated carbocycles. The van der Waals surface area contributed by atoms with Crippen molar-refractivity contribution in [2.75, 3.05) is 12.3 Å². The Morgan fingerprint density at radius 1 is 1.43 bits per heavy atom. The minimum absolute atomic E-state index is 0.241. The molecule has 0 amide bonds. The third kappa shape index (κ3) is 2.29. The molecule has 4 rings (SSSR count). The van der Waals surface area contributed by atoms with E-state index in [0.717, 1.165) is 5.56 Å². The Labute approximate surface area is 135 Å². The zero-order chi connectivity index (χ0) is 16.0. The first-order valence-corrected chi connectivity index (χ1v) is 8.08. The Hall–Kier alpha value is -2.07. The van der Waals surface area contributed by atoms with Gasteiger partial charge in [0.15, 0.2) is 17.0 Å². The SMILES string of the molecule is Nc1ncnc2c1nc(-c1ccsc1)n2[C@H]1C[C@H](O)[C@@H](CO)O1. The first-order chi connectivity index (χ1) is 11.2. The van der Waals surface area contributed by atoms with E-state index in [-0.39, 0.29) is 6.61 Å². The van der Waals surface area contributed by atoms with Crippen LogP contribution >= 0.6 is 11.3 Å². The monoisotopic (exact) mass is 333 g/mol. The number of nitrogens with zero attached hydrogens (tertiary/aromatic N) is 4. The predicted octanol–water partition coefficient (Wildman–Crippen LogP) is 0.778. The molecule has 3 atom stereocenters. The molecule has 0 aromatic carbocycles. The molecule has 8 nitrogen and oxygen atoms in total. The molecule has 1 fully saturated rings. The maximum Gasteiger partial charge on any atom is 0.168 e. The van der Waals surface area contributed by atoms with E-state index in [9.17, 15) is 10.2 Å². The number of nitrogens with two attached hydrogens (primary N) is 1. The first kappa shape index (κ1) is 14.5. The highest BCUT2D eigenvalue weighted by Gasteiger charge is 2.37. The number of hydrogen-bond donors (Lipinski definition) is 3. The van der Waals surface area contributed by atoms with E-state index >= 15 is 0 Å². The second-order valence-corrected chi connectivity index (χ2v) is 6.14. The number of aliphatic hydroxyl groups is 2. The quantitative estimate of drug-likeness (QED) is 0.648. The van der Waals surface area contributed by atoms with Gasteiger partial charge in [-0.2, -0.15) is 11.3 Å². The fourth-order valence-electron chi connectivity index (χ4n) is 2.83. The van der Waals surface area contributed by atoms with Gasteiger partial charge in [-0.25, -0.2) is 15.0 Å². The van der Waals surface area contributed by atoms with E-state index in [4.69, 9.17) is 10.5 Å². The van der Waals surface area contributed by atoms with Crippen molar-refractivity contribution in [1.82, 2.24) is 19.5 Å². The highest BCUT2D eigenvalue weighted by atomic mass is 32.1. The standard InChI is InChI=1S/C14H15N5O3S/c15-12-11-14(17-6-16-12)19(10-3-8(21)9(4-20)22-10)13(18-11)7-1-2-23-5-7/h1-2,5-6,8-10,20-21H,3-4H2,(H2,15,16,17)/t8-,9+,10+/m0/s1. The van der Waals surface area contributed by atoms with E-state index in [2.05, 4.69) is 15.0 Å². The molecule has 1 saturated heterocycles. The van der Waals surface area contributed by atoms with Crippen LogP contribution in [0.1, 0.15) is 12.6 Å². The maximum absolute atomic E-state index is 10.0. The first-order valence-electron chi connectivity index (χ1n) is 7.14. The average Bonchev–Trinajstić information content (AvgIpc) is 3.24. The summed E-state index contributed by atoms with van der Waals surface area (Å²) in [5, 5.41) is 23.3. The van der Waals surface area contributed by atoms with Crippen LogP contribution in [0.2, 0.25) is 0 Å². The van der Waals surface area contributed by atoms with Gasteiger partial charge in [-0.15, -0.1) is 0 Å². The Balaban J connectivity index is 1.90. The van der Waals surface area contributed by atoms with Crippen molar-refractivity contribution in [3.05, 3.63) is 23.2 Å². The van der Waals surface area contributed by atoms with Crippen molar-refractivity contribution < 1.29 is 14.9 Å². The van der Waals surface area contributed by atoms with E-state index < -0.39 is 18.4 Å². The zero-order valence-corrected chi connectivity index (χ0v) is 12.8. The van der Waals surface area contributed by atoms with E-state index in [1.165, 1.54) is 6.33 Å². The van der Waals surface area contributed by atoms with Gasteiger partial charge in [0.2, 0.25) is 0 Å². The van der Waals surface area contributed by atoms with Crippen molar-refractivity contribution in [1.29, 1.82) is 0 Å². The lowest BCUT2D eigenvalue weighted by Crippen LogP contribution is -2.24. The fraction of sp³-hybridized carbons (Fsp3) is 0.357. The molecule has 0 bridgehead atoms. The molecule has 0 spiro atoms. The molecule has 4 heterocycles. The minimum Gasteiger partial charge on any atom is -0.394 e. The smallest absolute Gasteiger partial charge is 0.168 e. The van der Waals surface area contributed by atoms with Crippen LogP contribution in [0.3, 0.4) is 0 Å². The highest BCUT2D eigenvalue weighted by Crippen LogP contribution is 2.36. The third-order valence-electron chi connectivity index (χ3n) is 3.96. The second-order valence-electron chi connectivity index (χ2n) is 5.36. The molecule has 0 aliphatic carbocycles. The number of aromatic nitrogens is 4. The van der Waals surface area contributed by atoms with Gasteiger partial charge in [-0.3, -0.25) is 4.57 Å². The lowest BCUT2D eigenvalue weighted by molar-refractivity contribution is -0.0426. The van der Waals surface area contributed by atoms with E-state index in [1.807, 2.05) is 21.4 Å². The average molecular weight is 333 g/mol. The van der Waals surface area contributed by atoms with Gasteiger partial charge >= 0.3 is 0 Å². The molecule has 3 aromatic heterocycles. The summed E-state index contributed by atoms with van der Waals surface area (Å²) < 4.78 is 7.59. The minimum atomic E-state index is -0.739. The number of rotatable bonds is 3. The van der Waals surface area contributed by atoms with Crippen LogP contribution in [0.4, 0.5) is 5.82 Å². The highest BCUT2D eigenvalue weighted by molar-refractivity contribution is 7.08. The number of nitrogen functional groups attached to an aromatic ring is 1. The van der Waals surface area contributed by atoms with Crippen LogP contribution in [0.5, 0.6) is 0 Å². The van der Waals surface area contributed by atoms with E-state index in [1.54, 1.807) is 11.3 Å². The zero-order valence-electron chi connectivity index (χ0n) is 12.0.